The molecule has 0 amide bonds. The van der Waals surface area contributed by atoms with E-state index in [0.29, 0.717) is 32.1 Å². The van der Waals surface area contributed by atoms with Gasteiger partial charge in [-0.25, -0.2) is 0 Å². The van der Waals surface area contributed by atoms with Gasteiger partial charge in [-0.15, -0.1) is 0 Å². The fourth-order valence-electron chi connectivity index (χ4n) is 3.39. The molecule has 2 saturated carbocycles. The molecule has 18 heavy (non-hydrogen) atoms. The van der Waals surface area contributed by atoms with Gasteiger partial charge < -0.3 is 25.5 Å². The van der Waals surface area contributed by atoms with Gasteiger partial charge >= 0.3 is 0 Å². The molecule has 0 aromatic rings. The summed E-state index contributed by atoms with van der Waals surface area (Å²) in [5.41, 5.74) is 0. The van der Waals surface area contributed by atoms with E-state index in [1.807, 2.05) is 0 Å². The molecular formula is C13H24O5. The Hall–Kier alpha value is -0.200. The quantitative estimate of drug-likeness (QED) is 0.456. The summed E-state index contributed by atoms with van der Waals surface area (Å²) in [5, 5.41) is 48.7. The number of aliphatic hydroxyl groups excluding tert-OH is 5. The molecule has 0 heterocycles. The van der Waals surface area contributed by atoms with Crippen LogP contribution in [0.15, 0.2) is 0 Å². The van der Waals surface area contributed by atoms with Crippen molar-refractivity contribution in [2.24, 2.45) is 11.8 Å². The summed E-state index contributed by atoms with van der Waals surface area (Å²) in [7, 11) is 0. The molecule has 0 saturated heterocycles. The molecule has 106 valence electrons. The fraction of sp³-hybridized carbons (Fsp3) is 1.00. The molecule has 0 bridgehead atoms. The molecule has 5 atom stereocenters. The maximum Gasteiger partial charge on any atom is 0.0617 e. The third-order valence-corrected chi connectivity index (χ3v) is 4.52. The zero-order valence-electron chi connectivity index (χ0n) is 10.5. The SMILES string of the molecule is OC1CCC(CC2C(O)CC(O)CC2O)C(O)C1. The number of hydrogen-bond acceptors (Lipinski definition) is 5. The average Bonchev–Trinajstić information content (AvgIpc) is 2.25. The Balaban J connectivity index is 1.92. The van der Waals surface area contributed by atoms with Gasteiger partial charge in [-0.2, -0.15) is 0 Å². The van der Waals surface area contributed by atoms with Crippen molar-refractivity contribution in [3.63, 3.8) is 0 Å². The molecule has 5 nitrogen and oxygen atoms in total. The number of rotatable bonds is 2. The van der Waals surface area contributed by atoms with Crippen molar-refractivity contribution in [2.45, 2.75) is 69.0 Å². The van der Waals surface area contributed by atoms with Crippen LogP contribution < -0.4 is 0 Å². The Labute approximate surface area is 107 Å². The first kappa shape index (κ1) is 14.2. The van der Waals surface area contributed by atoms with Gasteiger partial charge in [-0.05, 0) is 44.4 Å². The first-order chi connectivity index (χ1) is 8.47. The van der Waals surface area contributed by atoms with Crippen LogP contribution in [0.5, 0.6) is 0 Å². The van der Waals surface area contributed by atoms with E-state index in [1.165, 1.54) is 0 Å². The van der Waals surface area contributed by atoms with Crippen molar-refractivity contribution in [1.82, 2.24) is 0 Å². The zero-order chi connectivity index (χ0) is 13.3. The largest absolute Gasteiger partial charge is 0.393 e. The van der Waals surface area contributed by atoms with Crippen LogP contribution in [0.25, 0.3) is 0 Å². The molecule has 2 aliphatic carbocycles. The minimum Gasteiger partial charge on any atom is -0.393 e. The van der Waals surface area contributed by atoms with E-state index in [9.17, 15) is 25.5 Å². The van der Waals surface area contributed by atoms with E-state index in [4.69, 9.17) is 0 Å². The highest BCUT2D eigenvalue weighted by Crippen LogP contribution is 2.36. The Morgan fingerprint density at radius 2 is 1.22 bits per heavy atom. The maximum atomic E-state index is 9.93. The second-order valence-corrected chi connectivity index (χ2v) is 5.95. The topological polar surface area (TPSA) is 101 Å². The predicted octanol–water partition coefficient (Wildman–Crippen LogP) is -0.609. The van der Waals surface area contributed by atoms with E-state index in [1.54, 1.807) is 0 Å². The Morgan fingerprint density at radius 3 is 1.78 bits per heavy atom. The van der Waals surface area contributed by atoms with Gasteiger partial charge in [-0.1, -0.05) is 0 Å². The lowest BCUT2D eigenvalue weighted by atomic mass is 9.73. The Bertz CT molecular complexity index is 260. The van der Waals surface area contributed by atoms with Crippen molar-refractivity contribution in [3.8, 4) is 0 Å². The van der Waals surface area contributed by atoms with Crippen molar-refractivity contribution in [1.29, 1.82) is 0 Å². The molecule has 2 rings (SSSR count). The van der Waals surface area contributed by atoms with Gasteiger partial charge in [0.05, 0.1) is 30.5 Å². The third kappa shape index (κ3) is 3.22. The van der Waals surface area contributed by atoms with Crippen molar-refractivity contribution in [3.05, 3.63) is 0 Å². The first-order valence-electron chi connectivity index (χ1n) is 6.87. The highest BCUT2D eigenvalue weighted by atomic mass is 16.3. The molecular weight excluding hydrogens is 236 g/mol. The molecule has 2 aliphatic rings. The normalized spacial score (nSPS) is 50.2. The summed E-state index contributed by atoms with van der Waals surface area (Å²) in [5.74, 6) is -0.249. The minimum absolute atomic E-state index is 0.0259. The van der Waals surface area contributed by atoms with Gasteiger partial charge in [0.1, 0.15) is 0 Å². The van der Waals surface area contributed by atoms with Gasteiger partial charge in [0.2, 0.25) is 0 Å². The van der Waals surface area contributed by atoms with Gasteiger partial charge in [0.25, 0.3) is 0 Å². The first-order valence-corrected chi connectivity index (χ1v) is 6.87. The van der Waals surface area contributed by atoms with Gasteiger partial charge in [0, 0.05) is 5.92 Å². The summed E-state index contributed by atoms with van der Waals surface area (Å²) < 4.78 is 0. The smallest absolute Gasteiger partial charge is 0.0617 e. The molecule has 0 aliphatic heterocycles. The molecule has 5 heteroatoms. The predicted molar refractivity (Wildman–Crippen MR) is 64.7 cm³/mol. The summed E-state index contributed by atoms with van der Waals surface area (Å²) in [6, 6.07) is 0. The maximum absolute atomic E-state index is 9.93. The lowest BCUT2D eigenvalue weighted by Crippen LogP contribution is -2.44. The zero-order valence-corrected chi connectivity index (χ0v) is 10.5. The average molecular weight is 260 g/mol. The van der Waals surface area contributed by atoms with Crippen LogP contribution in [0.1, 0.15) is 38.5 Å². The standard InChI is InChI=1S/C13H24O5/c14-8-2-1-7(11(16)4-8)3-10-12(17)5-9(15)6-13(10)18/h7-18H,1-6H2. The lowest BCUT2D eigenvalue weighted by Gasteiger charge is -2.39. The van der Waals surface area contributed by atoms with Crippen LogP contribution >= 0.6 is 0 Å². The summed E-state index contributed by atoms with van der Waals surface area (Å²) in [6.45, 7) is 0. The van der Waals surface area contributed by atoms with E-state index >= 15 is 0 Å². The van der Waals surface area contributed by atoms with Crippen LogP contribution in [0.4, 0.5) is 0 Å². The Kier molecular flexibility index (Phi) is 4.61. The minimum atomic E-state index is -0.706. The third-order valence-electron chi connectivity index (χ3n) is 4.52. The van der Waals surface area contributed by atoms with Crippen LogP contribution in [0.2, 0.25) is 0 Å². The van der Waals surface area contributed by atoms with E-state index in [0.717, 1.165) is 6.42 Å². The van der Waals surface area contributed by atoms with Crippen LogP contribution in [0, 0.1) is 11.8 Å². The number of aliphatic hydroxyl groups is 5. The van der Waals surface area contributed by atoms with E-state index < -0.39 is 30.5 Å². The molecule has 5 unspecified atom stereocenters. The summed E-state index contributed by atoms with van der Waals surface area (Å²) in [4.78, 5) is 0. The monoisotopic (exact) mass is 260 g/mol. The lowest BCUT2D eigenvalue weighted by molar-refractivity contribution is -0.0912. The van der Waals surface area contributed by atoms with Crippen molar-refractivity contribution >= 4 is 0 Å². The summed E-state index contributed by atoms with van der Waals surface area (Å²) in [6.07, 6.45) is -0.103. The van der Waals surface area contributed by atoms with Crippen LogP contribution in [-0.4, -0.2) is 56.1 Å². The molecule has 0 aromatic heterocycles. The highest BCUT2D eigenvalue weighted by molar-refractivity contribution is 4.90. The summed E-state index contributed by atoms with van der Waals surface area (Å²) >= 11 is 0. The molecule has 2 fully saturated rings. The second kappa shape index (κ2) is 5.84. The molecule has 5 N–H and O–H groups in total. The second-order valence-electron chi connectivity index (χ2n) is 5.95. The van der Waals surface area contributed by atoms with Crippen molar-refractivity contribution < 1.29 is 25.5 Å². The highest BCUT2D eigenvalue weighted by Gasteiger charge is 2.39. The van der Waals surface area contributed by atoms with Crippen molar-refractivity contribution in [2.75, 3.05) is 0 Å². The van der Waals surface area contributed by atoms with E-state index in [-0.39, 0.29) is 11.8 Å². The van der Waals surface area contributed by atoms with Gasteiger partial charge in [-0.3, -0.25) is 0 Å². The Morgan fingerprint density at radius 1 is 0.667 bits per heavy atom. The van der Waals surface area contributed by atoms with Crippen LogP contribution in [0.3, 0.4) is 0 Å². The molecule has 0 radical (unpaired) electrons. The fourth-order valence-corrected chi connectivity index (χ4v) is 3.39. The molecule has 0 aromatic carbocycles. The van der Waals surface area contributed by atoms with Crippen LogP contribution in [-0.2, 0) is 0 Å². The molecule has 0 spiro atoms. The van der Waals surface area contributed by atoms with E-state index in [2.05, 4.69) is 0 Å². The number of hydrogen-bond donors (Lipinski definition) is 5. The van der Waals surface area contributed by atoms with Gasteiger partial charge in [0.15, 0.2) is 0 Å².